The minimum absolute atomic E-state index is 0.617. The van der Waals surface area contributed by atoms with Crippen LogP contribution >= 0.6 is 0 Å². The molecule has 4 nitrogen and oxygen atoms in total. The van der Waals surface area contributed by atoms with Crippen LogP contribution in [0.2, 0.25) is 0 Å². The zero-order valence-electron chi connectivity index (χ0n) is 33.7. The number of aromatic nitrogens is 4. The van der Waals surface area contributed by atoms with Gasteiger partial charge in [-0.25, -0.2) is 15.0 Å². The molecule has 0 amide bonds. The van der Waals surface area contributed by atoms with Crippen molar-refractivity contribution in [3.63, 3.8) is 0 Å². The third-order valence-corrected chi connectivity index (χ3v) is 12.5. The van der Waals surface area contributed by atoms with Gasteiger partial charge in [0.2, 0.25) is 0 Å². The zero-order chi connectivity index (χ0) is 41.0. The van der Waals surface area contributed by atoms with Gasteiger partial charge in [0.1, 0.15) is 5.41 Å². The summed E-state index contributed by atoms with van der Waals surface area (Å²) in [5.41, 5.74) is 14.8. The summed E-state index contributed by atoms with van der Waals surface area (Å²) in [7, 11) is 0. The van der Waals surface area contributed by atoms with Crippen molar-refractivity contribution in [3.8, 4) is 61.8 Å². The lowest BCUT2D eigenvalue weighted by Crippen LogP contribution is -2.31. The van der Waals surface area contributed by atoms with E-state index >= 15 is 0 Å². The van der Waals surface area contributed by atoms with Crippen LogP contribution in [-0.4, -0.2) is 19.5 Å². The molecule has 290 valence electrons. The van der Waals surface area contributed by atoms with Crippen molar-refractivity contribution in [2.75, 3.05) is 0 Å². The van der Waals surface area contributed by atoms with Crippen molar-refractivity contribution >= 4 is 21.8 Å². The predicted molar refractivity (Wildman–Crippen MR) is 253 cm³/mol. The number of hydrogen-bond donors (Lipinski definition) is 0. The fraction of sp³-hybridized carbons (Fsp3) is 0.0172. The zero-order valence-corrected chi connectivity index (χ0v) is 33.7. The Labute approximate surface area is 360 Å². The topological polar surface area (TPSA) is 43.6 Å². The van der Waals surface area contributed by atoms with Crippen LogP contribution in [0.5, 0.6) is 0 Å². The second kappa shape index (κ2) is 14.5. The van der Waals surface area contributed by atoms with Gasteiger partial charge >= 0.3 is 0 Å². The highest BCUT2D eigenvalue weighted by Crippen LogP contribution is 2.55. The molecule has 0 spiro atoms. The molecule has 0 radical (unpaired) electrons. The van der Waals surface area contributed by atoms with E-state index in [0.717, 1.165) is 50.1 Å². The summed E-state index contributed by atoms with van der Waals surface area (Å²) in [5.74, 6) is 1.93. The summed E-state index contributed by atoms with van der Waals surface area (Å²) < 4.78 is 2.40. The van der Waals surface area contributed by atoms with Crippen molar-refractivity contribution in [1.29, 1.82) is 0 Å². The molecule has 11 aromatic rings. The Kier molecular flexibility index (Phi) is 8.36. The maximum Gasteiger partial charge on any atom is 0.163 e. The molecule has 12 rings (SSSR count). The highest BCUT2D eigenvalue weighted by Gasteiger charge is 2.48. The normalized spacial score (nSPS) is 12.6. The van der Waals surface area contributed by atoms with Crippen LogP contribution in [0, 0.1) is 0 Å². The van der Waals surface area contributed by atoms with Crippen LogP contribution in [0.4, 0.5) is 0 Å². The Morgan fingerprint density at radius 2 is 0.855 bits per heavy atom. The SMILES string of the molecule is c1ccc(-c2cccc(-c3nc(-c4ccc(-n5c6ccccc6c6cccc(-c7ccccc7)c65)cc4)nc(C4(c5ccccc5)c5ccccc5-c5ccccc54)n3)c2)cc1. The van der Waals surface area contributed by atoms with E-state index in [0.29, 0.717) is 17.5 Å². The van der Waals surface area contributed by atoms with E-state index in [1.165, 1.54) is 38.5 Å². The van der Waals surface area contributed by atoms with Crippen LogP contribution in [0.3, 0.4) is 0 Å². The number of hydrogen-bond acceptors (Lipinski definition) is 3. The molecule has 4 heteroatoms. The summed E-state index contributed by atoms with van der Waals surface area (Å²) >= 11 is 0. The molecule has 1 aliphatic rings. The maximum absolute atomic E-state index is 5.56. The fourth-order valence-corrected chi connectivity index (χ4v) is 9.77. The quantitative estimate of drug-likeness (QED) is 0.161. The Morgan fingerprint density at radius 3 is 1.56 bits per heavy atom. The van der Waals surface area contributed by atoms with E-state index in [4.69, 9.17) is 15.0 Å². The van der Waals surface area contributed by atoms with E-state index in [-0.39, 0.29) is 0 Å². The smallest absolute Gasteiger partial charge is 0.163 e. The fourth-order valence-electron chi connectivity index (χ4n) is 9.77. The Hall–Kier alpha value is -8.21. The van der Waals surface area contributed by atoms with Crippen molar-refractivity contribution in [3.05, 3.63) is 253 Å². The van der Waals surface area contributed by atoms with Crippen LogP contribution in [-0.2, 0) is 5.41 Å². The molecular formula is C58H38N4. The summed E-state index contributed by atoms with van der Waals surface area (Å²) in [6.45, 7) is 0. The number of benzene rings is 9. The van der Waals surface area contributed by atoms with Gasteiger partial charge in [0.05, 0.1) is 11.0 Å². The van der Waals surface area contributed by atoms with Crippen molar-refractivity contribution in [1.82, 2.24) is 19.5 Å². The minimum Gasteiger partial charge on any atom is -0.309 e. The van der Waals surface area contributed by atoms with Gasteiger partial charge in [-0.05, 0) is 80.9 Å². The Morgan fingerprint density at radius 1 is 0.339 bits per heavy atom. The van der Waals surface area contributed by atoms with Crippen LogP contribution in [0.1, 0.15) is 22.5 Å². The first kappa shape index (κ1) is 35.7. The molecular weight excluding hydrogens is 753 g/mol. The molecule has 2 aromatic heterocycles. The number of rotatable bonds is 7. The van der Waals surface area contributed by atoms with Crippen LogP contribution in [0.25, 0.3) is 83.6 Å². The van der Waals surface area contributed by atoms with Gasteiger partial charge in [-0.2, -0.15) is 0 Å². The third kappa shape index (κ3) is 5.58. The first-order valence-electron chi connectivity index (χ1n) is 21.1. The maximum atomic E-state index is 5.56. The Balaban J connectivity index is 1.09. The number of fused-ring (bicyclic) bond motifs is 6. The lowest BCUT2D eigenvalue weighted by Gasteiger charge is -2.32. The number of nitrogens with zero attached hydrogens (tertiary/aromatic N) is 4. The van der Waals surface area contributed by atoms with Crippen LogP contribution in [0.15, 0.2) is 231 Å². The van der Waals surface area contributed by atoms with Gasteiger partial charge in [0.25, 0.3) is 0 Å². The summed E-state index contributed by atoms with van der Waals surface area (Å²) in [6, 6.07) is 81.9. The van der Waals surface area contributed by atoms with Crippen molar-refractivity contribution in [2.45, 2.75) is 5.41 Å². The average molecular weight is 791 g/mol. The molecule has 1 aliphatic carbocycles. The van der Waals surface area contributed by atoms with E-state index in [1.54, 1.807) is 0 Å². The van der Waals surface area contributed by atoms with E-state index in [1.807, 2.05) is 6.07 Å². The second-order valence-corrected chi connectivity index (χ2v) is 15.9. The second-order valence-electron chi connectivity index (χ2n) is 15.9. The molecule has 0 saturated heterocycles. The summed E-state index contributed by atoms with van der Waals surface area (Å²) in [4.78, 5) is 16.4. The largest absolute Gasteiger partial charge is 0.309 e. The molecule has 0 saturated carbocycles. The van der Waals surface area contributed by atoms with Gasteiger partial charge < -0.3 is 4.57 Å². The third-order valence-electron chi connectivity index (χ3n) is 12.5. The van der Waals surface area contributed by atoms with Crippen molar-refractivity contribution < 1.29 is 0 Å². The predicted octanol–water partition coefficient (Wildman–Crippen LogP) is 14.0. The Bertz CT molecular complexity index is 3400. The highest BCUT2D eigenvalue weighted by molar-refractivity contribution is 6.13. The molecule has 0 fully saturated rings. The van der Waals surface area contributed by atoms with E-state index in [2.05, 4.69) is 229 Å². The van der Waals surface area contributed by atoms with Gasteiger partial charge in [-0.15, -0.1) is 0 Å². The van der Waals surface area contributed by atoms with Gasteiger partial charge in [-0.1, -0.05) is 194 Å². The first-order chi connectivity index (χ1) is 30.8. The molecule has 0 atom stereocenters. The van der Waals surface area contributed by atoms with E-state index < -0.39 is 5.41 Å². The monoisotopic (exact) mass is 790 g/mol. The van der Waals surface area contributed by atoms with E-state index in [9.17, 15) is 0 Å². The van der Waals surface area contributed by atoms with Crippen molar-refractivity contribution in [2.24, 2.45) is 0 Å². The van der Waals surface area contributed by atoms with Gasteiger partial charge in [-0.3, -0.25) is 0 Å². The summed E-state index contributed by atoms with van der Waals surface area (Å²) in [5, 5.41) is 2.44. The lowest BCUT2D eigenvalue weighted by atomic mass is 9.71. The van der Waals surface area contributed by atoms with Gasteiger partial charge in [0, 0.05) is 33.2 Å². The highest BCUT2D eigenvalue weighted by atomic mass is 15.1. The molecule has 62 heavy (non-hydrogen) atoms. The molecule has 0 bridgehead atoms. The molecule has 0 unspecified atom stereocenters. The molecule has 9 aromatic carbocycles. The standard InChI is InChI=1S/C58H38N4/c1-4-18-39(19-5-1)42-22-16-23-43(38-42)56-59-55(60-57(61-56)58(44-24-8-3-9-25-44)51-31-13-10-26-47(51)48-27-11-14-32-52(48)58)41-34-36-45(37-35-41)62-53-33-15-12-28-49(53)50-30-17-29-46(54(50)62)40-20-6-2-7-21-40/h1-38H. The number of para-hydroxylation sites is 2. The first-order valence-corrected chi connectivity index (χ1v) is 21.1. The molecule has 0 N–H and O–H groups in total. The average Bonchev–Trinajstić information content (AvgIpc) is 3.86. The lowest BCUT2D eigenvalue weighted by molar-refractivity contribution is 0.692. The van der Waals surface area contributed by atoms with Crippen LogP contribution < -0.4 is 0 Å². The van der Waals surface area contributed by atoms with Gasteiger partial charge in [0.15, 0.2) is 17.5 Å². The summed E-state index contributed by atoms with van der Waals surface area (Å²) in [6.07, 6.45) is 0. The molecule has 0 aliphatic heterocycles. The minimum atomic E-state index is -0.797. The molecule has 2 heterocycles.